The largest absolute Gasteiger partial charge is 0.389 e. The quantitative estimate of drug-likeness (QED) is 0.795. The van der Waals surface area contributed by atoms with Crippen molar-refractivity contribution < 1.29 is 5.11 Å². The monoisotopic (exact) mass is 356 g/mol. The molecule has 0 aromatic carbocycles. The standard InChI is InChI=1S/C14H18Cl2N6O/c1-14(2,23)6-17-10-8-9(19-12(15)20-10)11(21-13(16)18-8)22(3)7-4-5-7/h7,23H,4-6H2,1-3H3,(H,17,19,20). The van der Waals surface area contributed by atoms with E-state index >= 15 is 0 Å². The summed E-state index contributed by atoms with van der Waals surface area (Å²) in [6.07, 6.45) is 2.23. The third-order valence-corrected chi connectivity index (χ3v) is 3.93. The van der Waals surface area contributed by atoms with Crippen LogP contribution in [0.1, 0.15) is 26.7 Å². The molecular formula is C14H18Cl2N6O. The Balaban J connectivity index is 2.10. The SMILES string of the molecule is CN(c1nc(Cl)nc2c(NCC(C)(C)O)nc(Cl)nc12)C1CC1. The molecule has 1 saturated carbocycles. The van der Waals surface area contributed by atoms with Crippen molar-refractivity contribution in [1.82, 2.24) is 19.9 Å². The highest BCUT2D eigenvalue weighted by atomic mass is 35.5. The number of halogens is 2. The second kappa shape index (κ2) is 5.89. The van der Waals surface area contributed by atoms with Crippen LogP contribution in [0.5, 0.6) is 0 Å². The molecule has 0 saturated heterocycles. The molecule has 7 nitrogen and oxygen atoms in total. The van der Waals surface area contributed by atoms with Crippen molar-refractivity contribution in [2.75, 3.05) is 23.8 Å². The fourth-order valence-corrected chi connectivity index (χ4v) is 2.58. The van der Waals surface area contributed by atoms with E-state index in [1.165, 1.54) is 0 Å². The van der Waals surface area contributed by atoms with E-state index in [1.807, 2.05) is 11.9 Å². The predicted molar refractivity (Wildman–Crippen MR) is 91.4 cm³/mol. The summed E-state index contributed by atoms with van der Waals surface area (Å²) in [4.78, 5) is 19.0. The molecule has 3 rings (SSSR count). The van der Waals surface area contributed by atoms with Gasteiger partial charge in [-0.25, -0.2) is 9.97 Å². The van der Waals surface area contributed by atoms with Crippen molar-refractivity contribution in [3.05, 3.63) is 10.6 Å². The van der Waals surface area contributed by atoms with Gasteiger partial charge in [0, 0.05) is 19.6 Å². The number of fused-ring (bicyclic) bond motifs is 1. The lowest BCUT2D eigenvalue weighted by atomic mass is 10.1. The topological polar surface area (TPSA) is 87.1 Å². The minimum atomic E-state index is -0.909. The molecule has 2 aromatic rings. The van der Waals surface area contributed by atoms with E-state index in [0.717, 1.165) is 12.8 Å². The normalized spacial score (nSPS) is 15.0. The molecule has 2 aromatic heterocycles. The molecule has 124 valence electrons. The molecule has 9 heteroatoms. The van der Waals surface area contributed by atoms with Crippen LogP contribution in [0.2, 0.25) is 10.6 Å². The summed E-state index contributed by atoms with van der Waals surface area (Å²) in [7, 11) is 1.95. The summed E-state index contributed by atoms with van der Waals surface area (Å²) in [6, 6.07) is 0.436. The molecule has 0 amide bonds. The average molecular weight is 357 g/mol. The van der Waals surface area contributed by atoms with Gasteiger partial charge in [0.25, 0.3) is 0 Å². The average Bonchev–Trinajstić information content (AvgIpc) is 3.27. The first kappa shape index (κ1) is 16.4. The molecule has 0 atom stereocenters. The van der Waals surface area contributed by atoms with Crippen LogP contribution < -0.4 is 10.2 Å². The van der Waals surface area contributed by atoms with Gasteiger partial charge in [0.1, 0.15) is 11.0 Å². The zero-order valence-electron chi connectivity index (χ0n) is 13.1. The Morgan fingerprint density at radius 2 is 1.74 bits per heavy atom. The molecule has 0 aliphatic heterocycles. The fraction of sp³-hybridized carbons (Fsp3) is 0.571. The van der Waals surface area contributed by atoms with Crippen LogP contribution in [0.4, 0.5) is 11.6 Å². The summed E-state index contributed by atoms with van der Waals surface area (Å²) in [5, 5.41) is 13.2. The van der Waals surface area contributed by atoms with Crippen molar-refractivity contribution in [3.8, 4) is 0 Å². The van der Waals surface area contributed by atoms with E-state index in [2.05, 4.69) is 25.3 Å². The summed E-state index contributed by atoms with van der Waals surface area (Å²) in [5.41, 5.74) is 0.122. The first-order chi connectivity index (χ1) is 10.7. The van der Waals surface area contributed by atoms with Gasteiger partial charge in [-0.05, 0) is 49.9 Å². The predicted octanol–water partition coefficient (Wildman–Crippen LogP) is 2.51. The first-order valence-electron chi connectivity index (χ1n) is 7.34. The van der Waals surface area contributed by atoms with Gasteiger partial charge in [-0.2, -0.15) is 9.97 Å². The zero-order valence-corrected chi connectivity index (χ0v) is 14.6. The van der Waals surface area contributed by atoms with Gasteiger partial charge < -0.3 is 15.3 Å². The summed E-state index contributed by atoms with van der Waals surface area (Å²) in [5.74, 6) is 1.06. The van der Waals surface area contributed by atoms with E-state index in [0.29, 0.717) is 28.7 Å². The Kier molecular flexibility index (Phi) is 4.20. The Bertz CT molecular complexity index is 744. The number of hydrogen-bond donors (Lipinski definition) is 2. The van der Waals surface area contributed by atoms with Gasteiger partial charge in [-0.1, -0.05) is 0 Å². The highest BCUT2D eigenvalue weighted by Gasteiger charge is 2.30. The Morgan fingerprint density at radius 3 is 2.35 bits per heavy atom. The van der Waals surface area contributed by atoms with Crippen molar-refractivity contribution in [2.24, 2.45) is 0 Å². The van der Waals surface area contributed by atoms with E-state index < -0.39 is 5.60 Å². The molecule has 1 aliphatic rings. The highest BCUT2D eigenvalue weighted by Crippen LogP contribution is 2.34. The Hall–Kier alpha value is -1.44. The number of hydrogen-bond acceptors (Lipinski definition) is 7. The second-order valence-electron chi connectivity index (χ2n) is 6.36. The Labute approximate surface area is 144 Å². The highest BCUT2D eigenvalue weighted by molar-refractivity contribution is 6.30. The molecule has 1 aliphatic carbocycles. The molecule has 2 heterocycles. The summed E-state index contributed by atoms with van der Waals surface area (Å²) >= 11 is 12.1. The number of rotatable bonds is 5. The third kappa shape index (κ3) is 3.73. The number of anilines is 2. The number of nitrogens with one attached hydrogen (secondary N) is 1. The maximum absolute atomic E-state index is 9.89. The lowest BCUT2D eigenvalue weighted by Gasteiger charge is -2.21. The minimum Gasteiger partial charge on any atom is -0.389 e. The van der Waals surface area contributed by atoms with Crippen molar-refractivity contribution >= 4 is 45.9 Å². The third-order valence-electron chi connectivity index (χ3n) is 3.59. The van der Waals surface area contributed by atoms with E-state index in [-0.39, 0.29) is 17.1 Å². The van der Waals surface area contributed by atoms with Crippen LogP contribution in [0.25, 0.3) is 11.0 Å². The van der Waals surface area contributed by atoms with Gasteiger partial charge in [0.15, 0.2) is 11.6 Å². The van der Waals surface area contributed by atoms with Crippen molar-refractivity contribution in [1.29, 1.82) is 0 Å². The maximum atomic E-state index is 9.89. The number of aromatic nitrogens is 4. The zero-order chi connectivity index (χ0) is 16.8. The molecule has 0 bridgehead atoms. The van der Waals surface area contributed by atoms with Gasteiger partial charge in [-0.15, -0.1) is 0 Å². The first-order valence-corrected chi connectivity index (χ1v) is 8.10. The van der Waals surface area contributed by atoms with Crippen molar-refractivity contribution in [2.45, 2.75) is 38.3 Å². The number of nitrogens with zero attached hydrogens (tertiary/aromatic N) is 5. The molecule has 23 heavy (non-hydrogen) atoms. The Morgan fingerprint density at radius 1 is 1.13 bits per heavy atom. The van der Waals surface area contributed by atoms with Crippen molar-refractivity contribution in [3.63, 3.8) is 0 Å². The molecule has 1 fully saturated rings. The van der Waals surface area contributed by atoms with E-state index in [1.54, 1.807) is 13.8 Å². The van der Waals surface area contributed by atoms with Crippen LogP contribution in [0.15, 0.2) is 0 Å². The molecular weight excluding hydrogens is 339 g/mol. The summed E-state index contributed by atoms with van der Waals surface area (Å²) in [6.45, 7) is 3.67. The number of aliphatic hydroxyl groups is 1. The van der Waals surface area contributed by atoms with Gasteiger partial charge in [0.2, 0.25) is 10.6 Å². The lowest BCUT2D eigenvalue weighted by molar-refractivity contribution is 0.0944. The van der Waals surface area contributed by atoms with Crippen LogP contribution in [0.3, 0.4) is 0 Å². The van der Waals surface area contributed by atoms with Crippen LogP contribution in [-0.2, 0) is 0 Å². The molecule has 0 radical (unpaired) electrons. The lowest BCUT2D eigenvalue weighted by Crippen LogP contribution is -2.30. The minimum absolute atomic E-state index is 0.0899. The molecule has 0 spiro atoms. The second-order valence-corrected chi connectivity index (χ2v) is 7.04. The van der Waals surface area contributed by atoms with E-state index in [9.17, 15) is 5.11 Å². The maximum Gasteiger partial charge on any atom is 0.225 e. The van der Waals surface area contributed by atoms with Gasteiger partial charge in [-0.3, -0.25) is 0 Å². The fourth-order valence-electron chi connectivity index (χ4n) is 2.25. The van der Waals surface area contributed by atoms with Gasteiger partial charge in [0.05, 0.1) is 5.60 Å². The molecule has 2 N–H and O–H groups in total. The van der Waals surface area contributed by atoms with Crippen LogP contribution >= 0.6 is 23.2 Å². The van der Waals surface area contributed by atoms with Crippen LogP contribution in [0, 0.1) is 0 Å². The summed E-state index contributed by atoms with van der Waals surface area (Å²) < 4.78 is 0. The van der Waals surface area contributed by atoms with Gasteiger partial charge >= 0.3 is 0 Å². The van der Waals surface area contributed by atoms with Crippen LogP contribution in [-0.4, -0.2) is 50.3 Å². The molecule has 0 unspecified atom stereocenters. The van der Waals surface area contributed by atoms with E-state index in [4.69, 9.17) is 23.2 Å². The smallest absolute Gasteiger partial charge is 0.225 e.